The van der Waals surface area contributed by atoms with Gasteiger partial charge in [0.25, 0.3) is 0 Å². The molecular weight excluding hydrogens is 368 g/mol. The number of aromatic carboxylic acids is 1. The average molecular weight is 390 g/mol. The van der Waals surface area contributed by atoms with Crippen LogP contribution < -0.4 is 4.74 Å². The van der Waals surface area contributed by atoms with Gasteiger partial charge in [0.2, 0.25) is 6.29 Å². The topological polar surface area (TPSA) is 137 Å². The average Bonchev–Trinajstić information content (AvgIpc) is 2.69. The number of hydrogen-bond donors (Lipinski definition) is 5. The molecule has 0 aliphatic carbocycles. The van der Waals surface area contributed by atoms with E-state index in [1.54, 1.807) is 30.3 Å². The fourth-order valence-electron chi connectivity index (χ4n) is 3.08. The molecule has 1 aliphatic heterocycles. The molecule has 0 bridgehead atoms. The first-order chi connectivity index (χ1) is 13.4. The maximum Gasteiger partial charge on any atom is 0.335 e. The SMILES string of the molecule is O=C(O)c1cccc(Cc2cccc(O[C@H]3O[C@H](CO)[C@@H](O)[C@H](O)[C@@H]3O)c2)c1. The van der Waals surface area contributed by atoms with Gasteiger partial charge in [-0.05, 0) is 41.8 Å². The quantitative estimate of drug-likeness (QED) is 0.470. The van der Waals surface area contributed by atoms with Crippen LogP contribution in [0.4, 0.5) is 0 Å². The Morgan fingerprint density at radius 3 is 2.32 bits per heavy atom. The number of ether oxygens (including phenoxy) is 2. The zero-order chi connectivity index (χ0) is 20.3. The summed E-state index contributed by atoms with van der Waals surface area (Å²) in [6.07, 6.45) is -6.31. The summed E-state index contributed by atoms with van der Waals surface area (Å²) < 4.78 is 10.9. The Kier molecular flexibility index (Phi) is 6.28. The first kappa shape index (κ1) is 20.2. The lowest BCUT2D eigenvalue weighted by Gasteiger charge is -2.39. The molecule has 150 valence electrons. The predicted octanol–water partition coefficient (Wildman–Crippen LogP) is 0.154. The molecule has 0 aromatic heterocycles. The third-order valence-electron chi connectivity index (χ3n) is 4.58. The molecule has 2 aromatic carbocycles. The lowest BCUT2D eigenvalue weighted by atomic mass is 9.99. The van der Waals surface area contributed by atoms with Crippen molar-refractivity contribution >= 4 is 5.97 Å². The number of aliphatic hydroxyl groups excluding tert-OH is 4. The molecule has 3 rings (SSSR count). The molecule has 5 N–H and O–H groups in total. The number of aliphatic hydroxyl groups is 4. The smallest absolute Gasteiger partial charge is 0.335 e. The summed E-state index contributed by atoms with van der Waals surface area (Å²) >= 11 is 0. The van der Waals surface area contributed by atoms with E-state index >= 15 is 0 Å². The highest BCUT2D eigenvalue weighted by Gasteiger charge is 2.44. The van der Waals surface area contributed by atoms with E-state index in [-0.39, 0.29) is 5.56 Å². The molecule has 1 fully saturated rings. The third kappa shape index (κ3) is 4.49. The first-order valence-electron chi connectivity index (χ1n) is 8.77. The van der Waals surface area contributed by atoms with Gasteiger partial charge in [0.1, 0.15) is 30.2 Å². The lowest BCUT2D eigenvalue weighted by Crippen LogP contribution is -2.60. The summed E-state index contributed by atoms with van der Waals surface area (Å²) in [5.41, 5.74) is 1.85. The minimum absolute atomic E-state index is 0.200. The largest absolute Gasteiger partial charge is 0.478 e. The molecule has 5 atom stereocenters. The van der Waals surface area contributed by atoms with Crippen LogP contribution in [0.1, 0.15) is 21.5 Å². The molecule has 1 saturated heterocycles. The van der Waals surface area contributed by atoms with Crippen LogP contribution in [0.2, 0.25) is 0 Å². The minimum atomic E-state index is -1.52. The second-order valence-electron chi connectivity index (χ2n) is 6.64. The summed E-state index contributed by atoms with van der Waals surface area (Å²) in [7, 11) is 0. The maximum absolute atomic E-state index is 11.1. The molecule has 8 nitrogen and oxygen atoms in total. The van der Waals surface area contributed by atoms with Crippen LogP contribution >= 0.6 is 0 Å². The van der Waals surface area contributed by atoms with E-state index in [2.05, 4.69) is 0 Å². The highest BCUT2D eigenvalue weighted by molar-refractivity contribution is 5.87. The van der Waals surface area contributed by atoms with Crippen molar-refractivity contribution in [3.8, 4) is 5.75 Å². The fourth-order valence-corrected chi connectivity index (χ4v) is 3.08. The summed E-state index contributed by atoms with van der Waals surface area (Å²) in [5.74, 6) is -0.641. The number of rotatable bonds is 6. The van der Waals surface area contributed by atoms with Crippen molar-refractivity contribution in [2.24, 2.45) is 0 Å². The van der Waals surface area contributed by atoms with Crippen molar-refractivity contribution in [2.75, 3.05) is 6.61 Å². The van der Waals surface area contributed by atoms with Crippen molar-refractivity contribution in [2.45, 2.75) is 37.1 Å². The molecule has 1 heterocycles. The van der Waals surface area contributed by atoms with E-state index in [0.717, 1.165) is 11.1 Å². The van der Waals surface area contributed by atoms with E-state index in [1.807, 2.05) is 12.1 Å². The molecular formula is C20H22O8. The zero-order valence-corrected chi connectivity index (χ0v) is 14.9. The van der Waals surface area contributed by atoms with Gasteiger partial charge in [-0.1, -0.05) is 24.3 Å². The van der Waals surface area contributed by atoms with Gasteiger partial charge in [0.05, 0.1) is 12.2 Å². The van der Waals surface area contributed by atoms with E-state index in [0.29, 0.717) is 12.2 Å². The second kappa shape index (κ2) is 8.68. The van der Waals surface area contributed by atoms with Gasteiger partial charge in [-0.15, -0.1) is 0 Å². The summed E-state index contributed by atoms with van der Waals surface area (Å²) in [6, 6.07) is 13.5. The van der Waals surface area contributed by atoms with Crippen molar-refractivity contribution in [1.29, 1.82) is 0 Å². The maximum atomic E-state index is 11.1. The Hall–Kier alpha value is -2.49. The highest BCUT2D eigenvalue weighted by Crippen LogP contribution is 2.25. The minimum Gasteiger partial charge on any atom is -0.478 e. The van der Waals surface area contributed by atoms with Gasteiger partial charge in [-0.25, -0.2) is 4.79 Å². The molecule has 8 heteroatoms. The molecule has 0 radical (unpaired) electrons. The lowest BCUT2D eigenvalue weighted by molar-refractivity contribution is -0.277. The monoisotopic (exact) mass is 390 g/mol. The van der Waals surface area contributed by atoms with Crippen LogP contribution in [0, 0.1) is 0 Å². The van der Waals surface area contributed by atoms with E-state index in [9.17, 15) is 25.2 Å². The number of carboxylic acids is 1. The first-order valence-corrected chi connectivity index (χ1v) is 8.77. The van der Waals surface area contributed by atoms with Gasteiger partial charge < -0.3 is 35.0 Å². The molecule has 0 unspecified atom stereocenters. The van der Waals surface area contributed by atoms with Gasteiger partial charge in [-0.3, -0.25) is 0 Å². The van der Waals surface area contributed by atoms with E-state index in [1.165, 1.54) is 6.07 Å². The standard InChI is InChI=1S/C20H22O8/c21-10-15-16(22)17(23)18(24)20(28-15)27-14-6-2-4-12(9-14)7-11-3-1-5-13(8-11)19(25)26/h1-6,8-9,15-18,20-24H,7,10H2,(H,25,26)/t15-,16-,17+,18+,20+/m1/s1. The van der Waals surface area contributed by atoms with Gasteiger partial charge in [0, 0.05) is 0 Å². The third-order valence-corrected chi connectivity index (χ3v) is 4.58. The van der Waals surface area contributed by atoms with Crippen molar-refractivity contribution in [1.82, 2.24) is 0 Å². The van der Waals surface area contributed by atoms with Crippen LogP contribution in [0.25, 0.3) is 0 Å². The van der Waals surface area contributed by atoms with Gasteiger partial charge >= 0.3 is 5.97 Å². The Balaban J connectivity index is 1.73. The van der Waals surface area contributed by atoms with E-state index < -0.39 is 43.3 Å². The van der Waals surface area contributed by atoms with Crippen molar-refractivity contribution in [3.63, 3.8) is 0 Å². The Morgan fingerprint density at radius 1 is 0.964 bits per heavy atom. The Morgan fingerprint density at radius 2 is 1.64 bits per heavy atom. The van der Waals surface area contributed by atoms with Gasteiger partial charge in [0.15, 0.2) is 0 Å². The number of hydrogen-bond acceptors (Lipinski definition) is 7. The van der Waals surface area contributed by atoms with Crippen molar-refractivity contribution < 1.29 is 39.8 Å². The van der Waals surface area contributed by atoms with Gasteiger partial charge in [-0.2, -0.15) is 0 Å². The highest BCUT2D eigenvalue weighted by atomic mass is 16.7. The van der Waals surface area contributed by atoms with Crippen molar-refractivity contribution in [3.05, 3.63) is 65.2 Å². The van der Waals surface area contributed by atoms with Crippen LogP contribution in [-0.2, 0) is 11.2 Å². The summed E-state index contributed by atoms with van der Waals surface area (Å²) in [6.45, 7) is -0.537. The summed E-state index contributed by atoms with van der Waals surface area (Å²) in [5, 5.41) is 48.1. The number of carboxylic acid groups (broad SMARTS) is 1. The fraction of sp³-hybridized carbons (Fsp3) is 0.350. The number of carbonyl (C=O) groups is 1. The van der Waals surface area contributed by atoms with Crippen LogP contribution in [0.3, 0.4) is 0 Å². The molecule has 28 heavy (non-hydrogen) atoms. The summed E-state index contributed by atoms with van der Waals surface area (Å²) in [4.78, 5) is 11.1. The molecule has 2 aromatic rings. The van der Waals surface area contributed by atoms with Crippen LogP contribution in [-0.4, -0.2) is 68.8 Å². The predicted molar refractivity (Wildman–Crippen MR) is 97.0 cm³/mol. The number of benzene rings is 2. The molecule has 0 amide bonds. The molecule has 0 spiro atoms. The molecule has 1 aliphatic rings. The Labute approximate surface area is 161 Å². The molecule has 0 saturated carbocycles. The normalized spacial score (nSPS) is 27.4. The van der Waals surface area contributed by atoms with Crippen LogP contribution in [0.15, 0.2) is 48.5 Å². The van der Waals surface area contributed by atoms with E-state index in [4.69, 9.17) is 14.6 Å². The second-order valence-corrected chi connectivity index (χ2v) is 6.64. The Bertz CT molecular complexity index is 821. The zero-order valence-electron chi connectivity index (χ0n) is 14.9. The van der Waals surface area contributed by atoms with Crippen LogP contribution in [0.5, 0.6) is 5.75 Å².